The van der Waals surface area contributed by atoms with Gasteiger partial charge in [-0.2, -0.15) is 0 Å². The number of aliphatic hydroxyl groups is 1. The predicted molar refractivity (Wildman–Crippen MR) is 414 cm³/mol. The molecule has 101 heavy (non-hydrogen) atoms. The Kier molecular flexibility index (Phi) is 70.9. The molecule has 0 aliphatic heterocycles. The van der Waals surface area contributed by atoms with Crippen LogP contribution in [-0.2, 0) is 65.4 Å². The first kappa shape index (κ1) is 99.1. The van der Waals surface area contributed by atoms with Gasteiger partial charge in [-0.15, -0.1) is 0 Å². The number of aliphatic hydroxyl groups excluding tert-OH is 1. The van der Waals surface area contributed by atoms with E-state index < -0.39 is 97.5 Å². The Morgan fingerprint density at radius 3 is 0.752 bits per heavy atom. The lowest BCUT2D eigenvalue weighted by Gasteiger charge is -2.21. The van der Waals surface area contributed by atoms with Crippen molar-refractivity contribution in [3.63, 3.8) is 0 Å². The Morgan fingerprint density at radius 2 is 0.505 bits per heavy atom. The summed E-state index contributed by atoms with van der Waals surface area (Å²) >= 11 is 0. The summed E-state index contributed by atoms with van der Waals surface area (Å²) in [6.45, 7) is 11.9. The minimum Gasteiger partial charge on any atom is -0.462 e. The summed E-state index contributed by atoms with van der Waals surface area (Å²) in [6, 6.07) is 0. The highest BCUT2D eigenvalue weighted by atomic mass is 31.2. The summed E-state index contributed by atoms with van der Waals surface area (Å²) in [5.74, 6) is 0.153. The van der Waals surface area contributed by atoms with Crippen LogP contribution < -0.4 is 0 Å². The number of ether oxygens (including phenoxy) is 4. The summed E-state index contributed by atoms with van der Waals surface area (Å²) in [5.41, 5.74) is 0. The molecule has 19 heteroatoms. The van der Waals surface area contributed by atoms with Gasteiger partial charge < -0.3 is 33.8 Å². The first-order valence-corrected chi connectivity index (χ1v) is 45.4. The van der Waals surface area contributed by atoms with Crippen molar-refractivity contribution in [3.05, 3.63) is 0 Å². The summed E-state index contributed by atoms with van der Waals surface area (Å²) in [5, 5.41) is 10.6. The van der Waals surface area contributed by atoms with E-state index in [4.69, 9.17) is 37.0 Å². The van der Waals surface area contributed by atoms with E-state index >= 15 is 0 Å². The van der Waals surface area contributed by atoms with Gasteiger partial charge in [0.15, 0.2) is 12.2 Å². The van der Waals surface area contributed by atoms with Gasteiger partial charge in [0.05, 0.1) is 26.4 Å². The van der Waals surface area contributed by atoms with E-state index in [1.807, 2.05) is 0 Å². The van der Waals surface area contributed by atoms with Crippen molar-refractivity contribution in [1.29, 1.82) is 0 Å². The molecule has 4 unspecified atom stereocenters. The van der Waals surface area contributed by atoms with Gasteiger partial charge in [0, 0.05) is 25.7 Å². The van der Waals surface area contributed by atoms with Crippen molar-refractivity contribution in [2.24, 2.45) is 17.8 Å². The number of phosphoric ester groups is 2. The molecule has 0 aliphatic carbocycles. The molecule has 0 fully saturated rings. The number of hydrogen-bond acceptors (Lipinski definition) is 15. The Labute approximate surface area is 619 Å². The fourth-order valence-electron chi connectivity index (χ4n) is 12.6. The van der Waals surface area contributed by atoms with E-state index in [1.165, 1.54) is 231 Å². The highest BCUT2D eigenvalue weighted by Crippen LogP contribution is 2.45. The van der Waals surface area contributed by atoms with Gasteiger partial charge >= 0.3 is 39.5 Å². The third-order valence-corrected chi connectivity index (χ3v) is 21.8. The number of unbranched alkanes of at least 4 members (excludes halogenated alkanes) is 46. The van der Waals surface area contributed by atoms with Gasteiger partial charge in [-0.3, -0.25) is 37.3 Å². The van der Waals surface area contributed by atoms with Gasteiger partial charge in [0.1, 0.15) is 19.3 Å². The van der Waals surface area contributed by atoms with Crippen LogP contribution in [0.2, 0.25) is 0 Å². The fraction of sp³-hybridized carbons (Fsp3) is 0.951. The van der Waals surface area contributed by atoms with Gasteiger partial charge in [-0.05, 0) is 43.4 Å². The molecule has 0 amide bonds. The second-order valence-electron chi connectivity index (χ2n) is 30.5. The Morgan fingerprint density at radius 1 is 0.287 bits per heavy atom. The van der Waals surface area contributed by atoms with Crippen LogP contribution >= 0.6 is 15.6 Å². The first-order chi connectivity index (χ1) is 48.8. The maximum Gasteiger partial charge on any atom is 0.472 e. The molecule has 0 saturated carbocycles. The van der Waals surface area contributed by atoms with E-state index in [1.54, 1.807) is 0 Å². The standard InChI is InChI=1S/C82H160O17P2/c1-8-11-12-13-14-15-16-17-18-19-20-21-25-28-31-34-37-40-49-56-63-79(84)92-69-77(98-81(86)65-58-51-41-38-35-32-29-26-23-22-24-27-30-33-36-39-47-54-61-74(6)9-2)71-96-100(88,89)94-67-76(83)68-95-101(90,91)97-72-78(70-93-80(85)64-57-50-44-42-46-53-60-73(4)5)99-82(87)66-59-52-45-43-48-55-62-75(7)10-3/h73-78,83H,8-72H2,1-7H3,(H,88,89)(H,90,91)/t74?,75?,76-,77-,78-/m1/s1. The van der Waals surface area contributed by atoms with E-state index in [0.717, 1.165) is 108 Å². The molecule has 0 bridgehead atoms. The Bertz CT molecular complexity index is 1960. The lowest BCUT2D eigenvalue weighted by atomic mass is 9.99. The zero-order valence-electron chi connectivity index (χ0n) is 66.4. The molecule has 600 valence electrons. The van der Waals surface area contributed by atoms with Crippen molar-refractivity contribution in [1.82, 2.24) is 0 Å². The van der Waals surface area contributed by atoms with Crippen molar-refractivity contribution < 1.29 is 80.2 Å². The molecule has 0 aromatic rings. The molecule has 0 radical (unpaired) electrons. The number of carbonyl (C=O) groups excluding carboxylic acids is 4. The number of phosphoric acid groups is 2. The third kappa shape index (κ3) is 73.4. The van der Waals surface area contributed by atoms with Crippen LogP contribution in [0.4, 0.5) is 0 Å². The average molecular weight is 1480 g/mol. The number of carbonyl (C=O) groups is 4. The summed E-state index contributed by atoms with van der Waals surface area (Å²) < 4.78 is 68.6. The SMILES string of the molecule is CCCCCCCCCCCCCCCCCCCCCCC(=O)OC[C@H](COP(=O)(O)OC[C@@H](O)COP(=O)(O)OC[C@@H](COC(=O)CCCCCCCCC(C)C)OC(=O)CCCCCCCCC(C)CC)OC(=O)CCCCCCCCCCCCCCCCCCCCC(C)CC. The van der Waals surface area contributed by atoms with Crippen molar-refractivity contribution >= 4 is 39.5 Å². The molecule has 0 aliphatic rings. The van der Waals surface area contributed by atoms with Crippen LogP contribution in [0.5, 0.6) is 0 Å². The molecule has 7 atom stereocenters. The van der Waals surface area contributed by atoms with Crippen molar-refractivity contribution in [2.45, 2.75) is 446 Å². The second kappa shape index (κ2) is 72.3. The molecule has 0 heterocycles. The predicted octanol–water partition coefficient (Wildman–Crippen LogP) is 24.5. The van der Waals surface area contributed by atoms with E-state index in [-0.39, 0.29) is 25.7 Å². The minimum atomic E-state index is -4.96. The normalized spacial score (nSPS) is 14.5. The molecular weight excluding hydrogens is 1320 g/mol. The van der Waals surface area contributed by atoms with E-state index in [0.29, 0.717) is 31.6 Å². The van der Waals surface area contributed by atoms with Crippen molar-refractivity contribution in [3.8, 4) is 0 Å². The van der Waals surface area contributed by atoms with Crippen LogP contribution in [0, 0.1) is 17.8 Å². The lowest BCUT2D eigenvalue weighted by molar-refractivity contribution is -0.161. The van der Waals surface area contributed by atoms with Crippen LogP contribution in [0.25, 0.3) is 0 Å². The summed E-state index contributed by atoms with van der Waals surface area (Å²) in [4.78, 5) is 72.9. The molecule has 0 aromatic heterocycles. The summed E-state index contributed by atoms with van der Waals surface area (Å²) in [7, 11) is -9.92. The quantitative estimate of drug-likeness (QED) is 0.0222. The number of esters is 4. The number of hydrogen-bond donors (Lipinski definition) is 3. The fourth-order valence-corrected chi connectivity index (χ4v) is 14.2. The van der Waals surface area contributed by atoms with E-state index in [9.17, 15) is 43.2 Å². The van der Waals surface area contributed by atoms with Crippen molar-refractivity contribution in [2.75, 3.05) is 39.6 Å². The zero-order chi connectivity index (χ0) is 74.4. The first-order valence-electron chi connectivity index (χ1n) is 42.4. The maximum atomic E-state index is 13.1. The zero-order valence-corrected chi connectivity index (χ0v) is 68.2. The van der Waals surface area contributed by atoms with Crippen LogP contribution in [0.3, 0.4) is 0 Å². The molecular formula is C82H160O17P2. The highest BCUT2D eigenvalue weighted by Gasteiger charge is 2.30. The molecule has 0 saturated heterocycles. The largest absolute Gasteiger partial charge is 0.472 e. The minimum absolute atomic E-state index is 0.102. The molecule has 0 aromatic carbocycles. The number of rotatable bonds is 80. The Hall–Kier alpha value is -1.94. The van der Waals surface area contributed by atoms with E-state index in [2.05, 4.69) is 48.5 Å². The third-order valence-electron chi connectivity index (χ3n) is 19.9. The van der Waals surface area contributed by atoms with Gasteiger partial charge in [0.25, 0.3) is 0 Å². The Balaban J connectivity index is 5.17. The molecule has 3 N–H and O–H groups in total. The molecule has 0 rings (SSSR count). The van der Waals surface area contributed by atoms with Gasteiger partial charge in [0.2, 0.25) is 0 Å². The van der Waals surface area contributed by atoms with Gasteiger partial charge in [-0.1, -0.05) is 376 Å². The van der Waals surface area contributed by atoms with Gasteiger partial charge in [-0.25, -0.2) is 9.13 Å². The molecule has 17 nitrogen and oxygen atoms in total. The second-order valence-corrected chi connectivity index (χ2v) is 33.4. The maximum absolute atomic E-state index is 13.1. The van der Waals surface area contributed by atoms with Crippen LogP contribution in [-0.4, -0.2) is 96.7 Å². The van der Waals surface area contributed by atoms with Crippen LogP contribution in [0.1, 0.15) is 427 Å². The monoisotopic (exact) mass is 1480 g/mol. The smallest absolute Gasteiger partial charge is 0.462 e. The molecule has 0 spiro atoms. The highest BCUT2D eigenvalue weighted by molar-refractivity contribution is 7.47. The topological polar surface area (TPSA) is 237 Å². The average Bonchev–Trinajstić information content (AvgIpc) is 0.948. The summed E-state index contributed by atoms with van der Waals surface area (Å²) in [6.07, 6.45) is 61.5. The van der Waals surface area contributed by atoms with Crippen LogP contribution in [0.15, 0.2) is 0 Å². The lowest BCUT2D eigenvalue weighted by Crippen LogP contribution is -2.30.